The number of nitrogens with zero attached hydrogens (tertiary/aromatic N) is 1. The molecule has 23 heavy (non-hydrogen) atoms. The van der Waals surface area contributed by atoms with Crippen molar-refractivity contribution < 1.29 is 14.6 Å². The second kappa shape index (κ2) is 8.29. The molecule has 1 amide bonds. The van der Waals surface area contributed by atoms with Gasteiger partial charge in [-0.3, -0.25) is 4.79 Å². The first-order valence-electron chi connectivity index (χ1n) is 7.66. The summed E-state index contributed by atoms with van der Waals surface area (Å²) in [6.07, 6.45) is 0.987. The predicted octanol–water partition coefficient (Wildman–Crippen LogP) is 2.61. The van der Waals surface area contributed by atoms with E-state index in [1.165, 1.54) is 0 Å². The van der Waals surface area contributed by atoms with Crippen molar-refractivity contribution in [1.29, 1.82) is 0 Å². The third kappa shape index (κ3) is 5.71. The van der Waals surface area contributed by atoms with E-state index in [2.05, 4.69) is 10.3 Å². The molecule has 1 heterocycles. The monoisotopic (exact) mass is 314 g/mol. The van der Waals surface area contributed by atoms with Gasteiger partial charge in [-0.05, 0) is 25.0 Å². The minimum atomic E-state index is -0.795. The molecule has 5 heteroatoms. The Labute approximate surface area is 136 Å². The van der Waals surface area contributed by atoms with E-state index < -0.39 is 6.10 Å². The van der Waals surface area contributed by atoms with E-state index in [4.69, 9.17) is 4.74 Å². The van der Waals surface area contributed by atoms with Gasteiger partial charge in [0.25, 0.3) is 0 Å². The Kier molecular flexibility index (Phi) is 6.11. The Hall–Kier alpha value is -2.40. The summed E-state index contributed by atoms with van der Waals surface area (Å²) in [5, 5.41) is 12.8. The van der Waals surface area contributed by atoms with Crippen molar-refractivity contribution in [2.24, 2.45) is 0 Å². The number of aliphatic hydroxyl groups excluding tert-OH is 1. The highest BCUT2D eigenvalue weighted by Gasteiger charge is 2.12. The van der Waals surface area contributed by atoms with Crippen LogP contribution in [0.4, 0.5) is 0 Å². The third-order valence-electron chi connectivity index (χ3n) is 3.21. The molecule has 0 aliphatic rings. The Bertz CT molecular complexity index is 612. The Morgan fingerprint density at radius 1 is 1.22 bits per heavy atom. The zero-order valence-electron chi connectivity index (χ0n) is 13.4. The number of pyridine rings is 1. The smallest absolute Gasteiger partial charge is 0.223 e. The van der Waals surface area contributed by atoms with Gasteiger partial charge in [-0.1, -0.05) is 36.4 Å². The van der Waals surface area contributed by atoms with Gasteiger partial charge in [0, 0.05) is 18.8 Å². The lowest BCUT2D eigenvalue weighted by Crippen LogP contribution is -2.24. The van der Waals surface area contributed by atoms with E-state index in [1.54, 1.807) is 24.4 Å². The predicted molar refractivity (Wildman–Crippen MR) is 87.9 cm³/mol. The van der Waals surface area contributed by atoms with Crippen LogP contribution in [0.15, 0.2) is 48.7 Å². The fourth-order valence-corrected chi connectivity index (χ4v) is 2.07. The number of aromatic nitrogens is 1. The van der Waals surface area contributed by atoms with Gasteiger partial charge >= 0.3 is 0 Å². The first-order valence-corrected chi connectivity index (χ1v) is 7.66. The molecule has 2 aromatic rings. The van der Waals surface area contributed by atoms with Gasteiger partial charge < -0.3 is 15.2 Å². The molecule has 0 aliphatic heterocycles. The highest BCUT2D eigenvalue weighted by molar-refractivity contribution is 5.76. The van der Waals surface area contributed by atoms with Crippen LogP contribution in [0.2, 0.25) is 0 Å². The number of rotatable bonds is 7. The lowest BCUT2D eigenvalue weighted by atomic mass is 10.1. The van der Waals surface area contributed by atoms with Gasteiger partial charge in [0.05, 0.1) is 18.6 Å². The standard InChI is InChI=1S/C18H22N2O3/c1-13(2)23-18-9-8-14(12-20-18)11-19-17(22)10-16(21)15-6-4-3-5-7-15/h3-9,12-13,16,21H,10-11H2,1-2H3,(H,19,22). The van der Waals surface area contributed by atoms with E-state index in [0.29, 0.717) is 12.4 Å². The van der Waals surface area contributed by atoms with Crippen molar-refractivity contribution in [2.45, 2.75) is 39.0 Å². The lowest BCUT2D eigenvalue weighted by molar-refractivity contribution is -0.123. The van der Waals surface area contributed by atoms with Crippen LogP contribution in [0.1, 0.15) is 37.5 Å². The highest BCUT2D eigenvalue weighted by Crippen LogP contribution is 2.15. The fourth-order valence-electron chi connectivity index (χ4n) is 2.07. The van der Waals surface area contributed by atoms with Crippen LogP contribution in [0, 0.1) is 0 Å². The fraction of sp³-hybridized carbons (Fsp3) is 0.333. The average molecular weight is 314 g/mol. The van der Waals surface area contributed by atoms with Crippen LogP contribution in [-0.2, 0) is 11.3 Å². The zero-order valence-corrected chi connectivity index (χ0v) is 13.4. The average Bonchev–Trinajstić information content (AvgIpc) is 2.54. The number of aliphatic hydroxyl groups is 1. The van der Waals surface area contributed by atoms with Crippen molar-refractivity contribution in [2.75, 3.05) is 0 Å². The van der Waals surface area contributed by atoms with Crippen molar-refractivity contribution >= 4 is 5.91 Å². The number of amides is 1. The minimum Gasteiger partial charge on any atom is -0.475 e. The van der Waals surface area contributed by atoms with Crippen molar-refractivity contribution in [3.63, 3.8) is 0 Å². The Balaban J connectivity index is 1.80. The van der Waals surface area contributed by atoms with Crippen LogP contribution in [0.5, 0.6) is 5.88 Å². The second-order valence-electron chi connectivity index (χ2n) is 5.58. The lowest BCUT2D eigenvalue weighted by Gasteiger charge is -2.12. The van der Waals surface area contributed by atoms with Gasteiger partial charge in [-0.2, -0.15) is 0 Å². The summed E-state index contributed by atoms with van der Waals surface area (Å²) in [4.78, 5) is 16.1. The number of hydrogen-bond acceptors (Lipinski definition) is 4. The van der Waals surface area contributed by atoms with Crippen LogP contribution < -0.4 is 10.1 Å². The number of nitrogens with one attached hydrogen (secondary N) is 1. The van der Waals surface area contributed by atoms with Gasteiger partial charge in [-0.25, -0.2) is 4.98 Å². The van der Waals surface area contributed by atoms with Crippen molar-refractivity contribution in [3.05, 3.63) is 59.8 Å². The van der Waals surface area contributed by atoms with E-state index in [-0.39, 0.29) is 18.4 Å². The molecule has 0 saturated carbocycles. The van der Waals surface area contributed by atoms with Gasteiger partial charge in [0.1, 0.15) is 0 Å². The molecule has 0 radical (unpaired) electrons. The number of ether oxygens (including phenoxy) is 1. The molecule has 0 saturated heterocycles. The number of carbonyl (C=O) groups is 1. The van der Waals surface area contributed by atoms with Gasteiger partial charge in [0.2, 0.25) is 11.8 Å². The molecule has 122 valence electrons. The maximum absolute atomic E-state index is 11.9. The summed E-state index contributed by atoms with van der Waals surface area (Å²) in [6.45, 7) is 4.25. The molecule has 5 nitrogen and oxygen atoms in total. The normalized spacial score (nSPS) is 12.0. The number of benzene rings is 1. The molecular weight excluding hydrogens is 292 g/mol. The minimum absolute atomic E-state index is 0.0337. The van der Waals surface area contributed by atoms with E-state index >= 15 is 0 Å². The van der Waals surface area contributed by atoms with Crippen LogP contribution in [-0.4, -0.2) is 22.1 Å². The number of carbonyl (C=O) groups excluding carboxylic acids is 1. The molecular formula is C18H22N2O3. The van der Waals surface area contributed by atoms with Crippen LogP contribution in [0.25, 0.3) is 0 Å². The molecule has 0 aliphatic carbocycles. The molecule has 1 aromatic carbocycles. The third-order valence-corrected chi connectivity index (χ3v) is 3.21. The molecule has 0 bridgehead atoms. The quantitative estimate of drug-likeness (QED) is 0.824. The molecule has 2 N–H and O–H groups in total. The molecule has 2 rings (SSSR count). The molecule has 0 spiro atoms. The first-order chi connectivity index (χ1) is 11.0. The van der Waals surface area contributed by atoms with Crippen molar-refractivity contribution in [3.8, 4) is 5.88 Å². The molecule has 1 aromatic heterocycles. The number of hydrogen-bond donors (Lipinski definition) is 2. The summed E-state index contributed by atoms with van der Waals surface area (Å²) in [5.41, 5.74) is 1.61. The topological polar surface area (TPSA) is 71.5 Å². The molecule has 1 unspecified atom stereocenters. The van der Waals surface area contributed by atoms with E-state index in [9.17, 15) is 9.90 Å². The van der Waals surface area contributed by atoms with E-state index in [0.717, 1.165) is 11.1 Å². The summed E-state index contributed by atoms with van der Waals surface area (Å²) < 4.78 is 5.46. The van der Waals surface area contributed by atoms with Gasteiger partial charge in [-0.15, -0.1) is 0 Å². The summed E-state index contributed by atoms with van der Waals surface area (Å²) in [5.74, 6) is 0.360. The maximum Gasteiger partial charge on any atom is 0.223 e. The Morgan fingerprint density at radius 2 is 1.96 bits per heavy atom. The zero-order chi connectivity index (χ0) is 16.7. The summed E-state index contributed by atoms with van der Waals surface area (Å²) >= 11 is 0. The van der Waals surface area contributed by atoms with E-state index in [1.807, 2.05) is 38.1 Å². The largest absolute Gasteiger partial charge is 0.475 e. The maximum atomic E-state index is 11.9. The Morgan fingerprint density at radius 3 is 2.57 bits per heavy atom. The van der Waals surface area contributed by atoms with Crippen LogP contribution in [0.3, 0.4) is 0 Å². The SMILES string of the molecule is CC(C)Oc1ccc(CNC(=O)CC(O)c2ccccc2)cn1. The van der Waals surface area contributed by atoms with Gasteiger partial charge in [0.15, 0.2) is 0 Å². The molecule has 1 atom stereocenters. The molecule has 0 fully saturated rings. The highest BCUT2D eigenvalue weighted by atomic mass is 16.5. The first kappa shape index (κ1) is 17.0. The van der Waals surface area contributed by atoms with Crippen LogP contribution >= 0.6 is 0 Å². The van der Waals surface area contributed by atoms with Crippen molar-refractivity contribution in [1.82, 2.24) is 10.3 Å². The second-order valence-corrected chi connectivity index (χ2v) is 5.58. The summed E-state index contributed by atoms with van der Waals surface area (Å²) in [7, 11) is 0. The summed E-state index contributed by atoms with van der Waals surface area (Å²) in [6, 6.07) is 12.8.